The molecular weight excluding hydrogens is 363 g/mol. The maximum absolute atomic E-state index is 13.0. The van der Waals surface area contributed by atoms with Crippen LogP contribution in [0.5, 0.6) is 0 Å². The van der Waals surface area contributed by atoms with Crippen LogP contribution in [0.3, 0.4) is 0 Å². The summed E-state index contributed by atoms with van der Waals surface area (Å²) in [5.74, 6) is 0.286. The monoisotopic (exact) mass is 384 g/mol. The van der Waals surface area contributed by atoms with Gasteiger partial charge in [-0.25, -0.2) is 4.39 Å². The van der Waals surface area contributed by atoms with E-state index >= 15 is 0 Å². The molecule has 0 fully saturated rings. The van der Waals surface area contributed by atoms with Crippen LogP contribution in [0.25, 0.3) is 11.4 Å². The number of hydrogen-bond donors (Lipinski definition) is 1. The Hall–Kier alpha value is -2.67. The van der Waals surface area contributed by atoms with Gasteiger partial charge in [-0.05, 0) is 50.6 Å². The number of nitrogens with one attached hydrogen (secondary N) is 1. The summed E-state index contributed by atoms with van der Waals surface area (Å²) < 4.78 is 15.0. The van der Waals surface area contributed by atoms with Crippen LogP contribution in [-0.4, -0.2) is 25.9 Å². The molecule has 1 heterocycles. The molecule has 0 bridgehead atoms. The molecule has 27 heavy (non-hydrogen) atoms. The maximum Gasteiger partial charge on any atom is 0.237 e. The van der Waals surface area contributed by atoms with Gasteiger partial charge >= 0.3 is 0 Å². The van der Waals surface area contributed by atoms with Gasteiger partial charge < -0.3 is 9.88 Å². The van der Waals surface area contributed by atoms with E-state index in [0.29, 0.717) is 17.4 Å². The van der Waals surface area contributed by atoms with Crippen LogP contribution in [0.2, 0.25) is 0 Å². The zero-order valence-corrected chi connectivity index (χ0v) is 16.3. The molecule has 1 atom stereocenters. The fourth-order valence-electron chi connectivity index (χ4n) is 2.67. The van der Waals surface area contributed by atoms with Crippen molar-refractivity contribution >= 4 is 23.4 Å². The molecule has 140 valence electrons. The van der Waals surface area contributed by atoms with Gasteiger partial charge in [-0.15, -0.1) is 10.2 Å². The van der Waals surface area contributed by atoms with Crippen molar-refractivity contribution in [3.05, 3.63) is 59.9 Å². The predicted molar refractivity (Wildman–Crippen MR) is 106 cm³/mol. The average molecular weight is 384 g/mol. The van der Waals surface area contributed by atoms with Crippen LogP contribution >= 0.6 is 11.8 Å². The van der Waals surface area contributed by atoms with E-state index < -0.39 is 0 Å². The number of carbonyl (C=O) groups is 1. The predicted octanol–water partition coefficient (Wildman–Crippen LogP) is 4.53. The molecular formula is C20H21FN4OS. The molecule has 3 rings (SSSR count). The summed E-state index contributed by atoms with van der Waals surface area (Å²) in [6, 6.07) is 13.7. The molecule has 5 nitrogen and oxygen atoms in total. The standard InChI is InChI=1S/C20H21FN4OS/c1-4-25-18(17-8-6-5-7-13(17)2)23-24-20(25)27-14(3)19(26)22-16-11-9-15(21)10-12-16/h5-12,14H,4H2,1-3H3,(H,22,26)/t14-/m0/s1. The van der Waals surface area contributed by atoms with Crippen molar-refractivity contribution in [1.82, 2.24) is 14.8 Å². The van der Waals surface area contributed by atoms with Crippen LogP contribution < -0.4 is 5.32 Å². The van der Waals surface area contributed by atoms with Crippen molar-refractivity contribution in [3.8, 4) is 11.4 Å². The average Bonchev–Trinajstić information content (AvgIpc) is 3.06. The van der Waals surface area contributed by atoms with Gasteiger partial charge in [-0.1, -0.05) is 36.0 Å². The Morgan fingerprint density at radius 2 is 1.89 bits per heavy atom. The van der Waals surface area contributed by atoms with E-state index in [1.807, 2.05) is 49.6 Å². The van der Waals surface area contributed by atoms with Gasteiger partial charge in [0.15, 0.2) is 11.0 Å². The SMILES string of the molecule is CCn1c(S[C@@H](C)C(=O)Nc2ccc(F)cc2)nnc1-c1ccccc1C. The number of halogens is 1. The molecule has 0 radical (unpaired) electrons. The molecule has 0 spiro atoms. The zero-order valence-electron chi connectivity index (χ0n) is 15.4. The van der Waals surface area contributed by atoms with Gasteiger partial charge in [0, 0.05) is 17.8 Å². The highest BCUT2D eigenvalue weighted by atomic mass is 32.2. The normalized spacial score (nSPS) is 12.0. The number of hydrogen-bond acceptors (Lipinski definition) is 4. The third kappa shape index (κ3) is 4.36. The second kappa shape index (κ2) is 8.35. The maximum atomic E-state index is 13.0. The van der Waals surface area contributed by atoms with Crippen molar-refractivity contribution in [2.45, 2.75) is 37.7 Å². The highest BCUT2D eigenvalue weighted by molar-refractivity contribution is 8.00. The second-order valence-electron chi connectivity index (χ2n) is 6.12. The van der Waals surface area contributed by atoms with Gasteiger partial charge in [-0.3, -0.25) is 4.79 Å². The first-order chi connectivity index (χ1) is 13.0. The van der Waals surface area contributed by atoms with E-state index in [4.69, 9.17) is 0 Å². The van der Waals surface area contributed by atoms with E-state index in [2.05, 4.69) is 15.5 Å². The van der Waals surface area contributed by atoms with Crippen LogP contribution in [0, 0.1) is 12.7 Å². The fourth-order valence-corrected chi connectivity index (χ4v) is 3.59. The minimum Gasteiger partial charge on any atom is -0.325 e. The molecule has 1 N–H and O–H groups in total. The Kier molecular flexibility index (Phi) is 5.91. The summed E-state index contributed by atoms with van der Waals surface area (Å²) in [7, 11) is 0. The first kappa shape index (κ1) is 19.1. The molecule has 0 aliphatic carbocycles. The topological polar surface area (TPSA) is 59.8 Å². The fraction of sp³-hybridized carbons (Fsp3) is 0.250. The van der Waals surface area contributed by atoms with E-state index in [1.54, 1.807) is 0 Å². The first-order valence-electron chi connectivity index (χ1n) is 8.72. The van der Waals surface area contributed by atoms with Crippen LogP contribution in [-0.2, 0) is 11.3 Å². The number of aromatic nitrogens is 3. The third-order valence-corrected chi connectivity index (χ3v) is 5.26. The number of nitrogens with zero attached hydrogens (tertiary/aromatic N) is 3. The minimum atomic E-state index is -0.380. The van der Waals surface area contributed by atoms with Crippen molar-refractivity contribution < 1.29 is 9.18 Å². The Morgan fingerprint density at radius 3 is 2.56 bits per heavy atom. The smallest absolute Gasteiger partial charge is 0.237 e. The Labute approximate surface area is 162 Å². The van der Waals surface area contributed by atoms with Gasteiger partial charge in [0.05, 0.1) is 5.25 Å². The number of thioether (sulfide) groups is 1. The summed E-state index contributed by atoms with van der Waals surface area (Å²) in [6.07, 6.45) is 0. The lowest BCUT2D eigenvalue weighted by atomic mass is 10.1. The lowest BCUT2D eigenvalue weighted by Gasteiger charge is -2.13. The van der Waals surface area contributed by atoms with Crippen LogP contribution in [0.15, 0.2) is 53.7 Å². The second-order valence-corrected chi connectivity index (χ2v) is 7.43. The lowest BCUT2D eigenvalue weighted by molar-refractivity contribution is -0.115. The first-order valence-corrected chi connectivity index (χ1v) is 9.60. The lowest BCUT2D eigenvalue weighted by Crippen LogP contribution is -2.23. The third-order valence-electron chi connectivity index (χ3n) is 4.18. The van der Waals surface area contributed by atoms with E-state index in [-0.39, 0.29) is 17.0 Å². The van der Waals surface area contributed by atoms with Gasteiger partial charge in [-0.2, -0.15) is 0 Å². The largest absolute Gasteiger partial charge is 0.325 e. The molecule has 0 unspecified atom stereocenters. The number of benzene rings is 2. The summed E-state index contributed by atoms with van der Waals surface area (Å²) in [4.78, 5) is 12.4. The molecule has 3 aromatic rings. The molecule has 1 amide bonds. The molecule has 1 aromatic heterocycles. The van der Waals surface area contributed by atoms with Gasteiger partial charge in [0.25, 0.3) is 0 Å². The highest BCUT2D eigenvalue weighted by Gasteiger charge is 2.21. The van der Waals surface area contributed by atoms with Crippen LogP contribution in [0.1, 0.15) is 19.4 Å². The Morgan fingerprint density at radius 1 is 1.19 bits per heavy atom. The zero-order chi connectivity index (χ0) is 19.4. The number of amides is 1. The molecule has 2 aromatic carbocycles. The summed E-state index contributed by atoms with van der Waals surface area (Å²) in [6.45, 7) is 6.57. The van der Waals surface area contributed by atoms with Gasteiger partial charge in [0.1, 0.15) is 5.82 Å². The highest BCUT2D eigenvalue weighted by Crippen LogP contribution is 2.28. The summed E-state index contributed by atoms with van der Waals surface area (Å²) in [5.41, 5.74) is 2.71. The number of carbonyl (C=O) groups excluding carboxylic acids is 1. The van der Waals surface area contributed by atoms with E-state index in [9.17, 15) is 9.18 Å². The molecule has 0 aliphatic heterocycles. The quantitative estimate of drug-likeness (QED) is 0.634. The molecule has 7 heteroatoms. The minimum absolute atomic E-state index is 0.172. The number of aryl methyl sites for hydroxylation is 1. The Balaban J connectivity index is 1.76. The van der Waals surface area contributed by atoms with Crippen molar-refractivity contribution in [2.24, 2.45) is 0 Å². The molecule has 0 aliphatic rings. The summed E-state index contributed by atoms with van der Waals surface area (Å²) >= 11 is 1.35. The molecule has 0 saturated heterocycles. The van der Waals surface area contributed by atoms with Crippen LogP contribution in [0.4, 0.5) is 10.1 Å². The summed E-state index contributed by atoms with van der Waals surface area (Å²) in [5, 5.41) is 11.7. The molecule has 0 saturated carbocycles. The number of anilines is 1. The van der Waals surface area contributed by atoms with Crippen molar-refractivity contribution in [2.75, 3.05) is 5.32 Å². The number of rotatable bonds is 6. The van der Waals surface area contributed by atoms with Crippen molar-refractivity contribution in [3.63, 3.8) is 0 Å². The van der Waals surface area contributed by atoms with Gasteiger partial charge in [0.2, 0.25) is 5.91 Å². The van der Waals surface area contributed by atoms with Crippen molar-refractivity contribution in [1.29, 1.82) is 0 Å². The van der Waals surface area contributed by atoms with E-state index in [0.717, 1.165) is 17.0 Å². The Bertz CT molecular complexity index is 939. The van der Waals surface area contributed by atoms with E-state index in [1.165, 1.54) is 36.0 Å².